The van der Waals surface area contributed by atoms with Gasteiger partial charge in [0.25, 0.3) is 0 Å². The van der Waals surface area contributed by atoms with Crippen molar-refractivity contribution in [3.05, 3.63) is 24.6 Å². The summed E-state index contributed by atoms with van der Waals surface area (Å²) in [6.45, 7) is 7.62. The maximum atomic E-state index is 10.8. The molecule has 0 aromatic heterocycles. The van der Waals surface area contributed by atoms with E-state index in [1.54, 1.807) is 17.2 Å². The second-order valence-corrected chi connectivity index (χ2v) is 3.98. The van der Waals surface area contributed by atoms with Gasteiger partial charge < -0.3 is 10.0 Å². The fourth-order valence-electron chi connectivity index (χ4n) is 1.53. The quantitative estimate of drug-likeness (QED) is 0.700. The molecule has 0 aliphatic carbocycles. The van der Waals surface area contributed by atoms with Crippen molar-refractivity contribution in [3.8, 4) is 12.3 Å². The summed E-state index contributed by atoms with van der Waals surface area (Å²) in [5, 5.41) is 8.88. The maximum absolute atomic E-state index is 10.8. The van der Waals surface area contributed by atoms with Crippen molar-refractivity contribution in [2.75, 3.05) is 7.05 Å². The van der Waals surface area contributed by atoms with E-state index in [0.717, 1.165) is 5.70 Å². The maximum Gasteiger partial charge on any atom is 0.304 e. The minimum absolute atomic E-state index is 0.0728. The smallest absolute Gasteiger partial charge is 0.304 e. The minimum atomic E-state index is -0.820. The van der Waals surface area contributed by atoms with Crippen LogP contribution in [0.25, 0.3) is 0 Å². The van der Waals surface area contributed by atoms with E-state index in [4.69, 9.17) is 11.5 Å². The molecule has 0 spiro atoms. The Bertz CT molecular complexity index is 323. The first-order valence-electron chi connectivity index (χ1n) is 5.17. The predicted octanol–water partition coefficient (Wildman–Crippen LogP) is 2.33. The van der Waals surface area contributed by atoms with E-state index >= 15 is 0 Å². The van der Waals surface area contributed by atoms with Gasteiger partial charge in [0, 0.05) is 24.7 Å². The summed E-state index contributed by atoms with van der Waals surface area (Å²) in [5.41, 5.74) is 0.815. The van der Waals surface area contributed by atoms with Crippen molar-refractivity contribution >= 4 is 5.97 Å². The van der Waals surface area contributed by atoms with Crippen molar-refractivity contribution in [2.24, 2.45) is 11.8 Å². The molecule has 0 aliphatic rings. The van der Waals surface area contributed by atoms with Gasteiger partial charge in [-0.05, 0) is 12.1 Å². The van der Waals surface area contributed by atoms with Gasteiger partial charge in [0.05, 0.1) is 6.42 Å². The molecule has 0 aromatic rings. The number of rotatable bonds is 6. The van der Waals surface area contributed by atoms with Crippen LogP contribution in [0.3, 0.4) is 0 Å². The highest BCUT2D eigenvalue weighted by Crippen LogP contribution is 2.26. The average Bonchev–Trinajstić information content (AvgIpc) is 2.21. The van der Waals surface area contributed by atoms with Crippen LogP contribution in [0.15, 0.2) is 24.6 Å². The summed E-state index contributed by atoms with van der Waals surface area (Å²) in [5.74, 6) is 1.73. The molecule has 0 aliphatic heterocycles. The van der Waals surface area contributed by atoms with Crippen molar-refractivity contribution in [2.45, 2.75) is 20.3 Å². The normalized spacial score (nSPS) is 13.1. The predicted molar refractivity (Wildman–Crippen MR) is 65.5 cm³/mol. The molecule has 0 radical (unpaired) electrons. The summed E-state index contributed by atoms with van der Waals surface area (Å²) < 4.78 is 0. The zero-order valence-corrected chi connectivity index (χ0v) is 10.1. The Kier molecular flexibility index (Phi) is 6.02. The average molecular weight is 221 g/mol. The van der Waals surface area contributed by atoms with Crippen LogP contribution in [0.4, 0.5) is 0 Å². The van der Waals surface area contributed by atoms with Crippen LogP contribution in [0.2, 0.25) is 0 Å². The molecule has 16 heavy (non-hydrogen) atoms. The van der Waals surface area contributed by atoms with Gasteiger partial charge >= 0.3 is 5.97 Å². The second kappa shape index (κ2) is 6.73. The van der Waals surface area contributed by atoms with Crippen molar-refractivity contribution < 1.29 is 9.90 Å². The molecule has 0 fully saturated rings. The number of carboxylic acids is 1. The van der Waals surface area contributed by atoms with Gasteiger partial charge in [0.1, 0.15) is 0 Å². The third-order valence-corrected chi connectivity index (χ3v) is 2.49. The van der Waals surface area contributed by atoms with E-state index in [1.165, 1.54) is 0 Å². The standard InChI is InChI=1S/C13H19NO2/c1-6-8-12(14(5)7-2)11(10(3)4)9-13(15)16/h1,7-8,10-11H,2,9H2,3-5H3,(H,15,16)/b12-8-. The lowest BCUT2D eigenvalue weighted by Crippen LogP contribution is -2.24. The molecule has 0 bridgehead atoms. The first-order chi connectivity index (χ1) is 7.43. The third kappa shape index (κ3) is 4.22. The van der Waals surface area contributed by atoms with Gasteiger partial charge in [0.2, 0.25) is 0 Å². The fraction of sp³-hybridized carbons (Fsp3) is 0.462. The van der Waals surface area contributed by atoms with E-state index in [0.29, 0.717) is 0 Å². The zero-order valence-electron chi connectivity index (χ0n) is 10.1. The topological polar surface area (TPSA) is 40.5 Å². The molecular formula is C13H19NO2. The summed E-state index contributed by atoms with van der Waals surface area (Å²) in [6.07, 6.45) is 8.56. The molecule has 0 heterocycles. The number of nitrogens with zero attached hydrogens (tertiary/aromatic N) is 1. The molecule has 0 amide bonds. The van der Waals surface area contributed by atoms with Crippen LogP contribution in [0, 0.1) is 24.2 Å². The highest BCUT2D eigenvalue weighted by Gasteiger charge is 2.23. The highest BCUT2D eigenvalue weighted by molar-refractivity contribution is 5.67. The van der Waals surface area contributed by atoms with Crippen LogP contribution < -0.4 is 0 Å². The Morgan fingerprint density at radius 2 is 2.19 bits per heavy atom. The van der Waals surface area contributed by atoms with Gasteiger partial charge in [-0.3, -0.25) is 4.79 Å². The van der Waals surface area contributed by atoms with Crippen LogP contribution in [0.1, 0.15) is 20.3 Å². The van der Waals surface area contributed by atoms with Gasteiger partial charge in [0.15, 0.2) is 0 Å². The van der Waals surface area contributed by atoms with Crippen molar-refractivity contribution in [3.63, 3.8) is 0 Å². The number of carboxylic acid groups (broad SMARTS) is 1. The van der Waals surface area contributed by atoms with E-state index < -0.39 is 5.97 Å². The Hall–Kier alpha value is -1.69. The van der Waals surface area contributed by atoms with E-state index in [-0.39, 0.29) is 18.3 Å². The van der Waals surface area contributed by atoms with Gasteiger partial charge in [-0.25, -0.2) is 0 Å². The van der Waals surface area contributed by atoms with E-state index in [2.05, 4.69) is 12.5 Å². The second-order valence-electron chi connectivity index (χ2n) is 3.98. The largest absolute Gasteiger partial charge is 0.481 e. The number of hydrogen-bond acceptors (Lipinski definition) is 2. The summed E-state index contributed by atoms with van der Waals surface area (Å²) >= 11 is 0. The Balaban J connectivity index is 5.12. The third-order valence-electron chi connectivity index (χ3n) is 2.49. The first-order valence-corrected chi connectivity index (χ1v) is 5.17. The van der Waals surface area contributed by atoms with Gasteiger partial charge in [-0.15, -0.1) is 6.42 Å². The summed E-state index contributed by atoms with van der Waals surface area (Å²) in [7, 11) is 1.81. The molecule has 1 N–H and O–H groups in total. The highest BCUT2D eigenvalue weighted by atomic mass is 16.4. The fourth-order valence-corrected chi connectivity index (χ4v) is 1.53. The van der Waals surface area contributed by atoms with E-state index in [1.807, 2.05) is 20.9 Å². The lowest BCUT2D eigenvalue weighted by Gasteiger charge is -2.28. The number of hydrogen-bond donors (Lipinski definition) is 1. The minimum Gasteiger partial charge on any atom is -0.481 e. The van der Waals surface area contributed by atoms with Gasteiger partial charge in [-0.1, -0.05) is 26.3 Å². The molecule has 88 valence electrons. The first kappa shape index (κ1) is 14.3. The van der Waals surface area contributed by atoms with Crippen LogP contribution in [0.5, 0.6) is 0 Å². The molecule has 1 unspecified atom stereocenters. The van der Waals surface area contributed by atoms with Crippen molar-refractivity contribution in [1.82, 2.24) is 4.90 Å². The Labute approximate surface area is 97.5 Å². The Morgan fingerprint density at radius 1 is 1.62 bits per heavy atom. The molecule has 3 heteroatoms. The zero-order chi connectivity index (χ0) is 12.7. The lowest BCUT2D eigenvalue weighted by molar-refractivity contribution is -0.138. The molecular weight excluding hydrogens is 202 g/mol. The van der Waals surface area contributed by atoms with Crippen LogP contribution >= 0.6 is 0 Å². The van der Waals surface area contributed by atoms with Crippen molar-refractivity contribution in [1.29, 1.82) is 0 Å². The molecule has 0 saturated heterocycles. The summed E-state index contributed by atoms with van der Waals surface area (Å²) in [6, 6.07) is 0. The molecule has 3 nitrogen and oxygen atoms in total. The number of aliphatic carboxylic acids is 1. The number of allylic oxidation sites excluding steroid dienone is 2. The van der Waals surface area contributed by atoms with E-state index in [9.17, 15) is 4.79 Å². The molecule has 0 saturated carbocycles. The lowest BCUT2D eigenvalue weighted by atomic mass is 9.88. The van der Waals surface area contributed by atoms with Gasteiger partial charge in [-0.2, -0.15) is 0 Å². The molecule has 0 rings (SSSR count). The van der Waals surface area contributed by atoms with Crippen LogP contribution in [-0.4, -0.2) is 23.0 Å². The Morgan fingerprint density at radius 3 is 2.50 bits per heavy atom. The molecule has 1 atom stereocenters. The number of terminal acetylenes is 1. The summed E-state index contributed by atoms with van der Waals surface area (Å²) in [4.78, 5) is 12.6. The number of carbonyl (C=O) groups is 1. The van der Waals surface area contributed by atoms with Crippen LogP contribution in [-0.2, 0) is 4.79 Å². The monoisotopic (exact) mass is 221 g/mol. The SMILES string of the molecule is C#C/C=C(/C(CC(=O)O)C(C)C)N(C)C=C. The molecule has 0 aromatic carbocycles.